The van der Waals surface area contributed by atoms with Crippen LogP contribution in [0.3, 0.4) is 0 Å². The van der Waals surface area contributed by atoms with Crippen molar-refractivity contribution in [2.75, 3.05) is 19.4 Å². The van der Waals surface area contributed by atoms with Gasteiger partial charge in [-0.1, -0.05) is 23.7 Å². The summed E-state index contributed by atoms with van der Waals surface area (Å²) < 4.78 is 44.4. The zero-order chi connectivity index (χ0) is 32.5. The fraction of sp³-hybridized carbons (Fsp3) is 0.242. The predicted molar refractivity (Wildman–Crippen MR) is 172 cm³/mol. The summed E-state index contributed by atoms with van der Waals surface area (Å²) in [5.74, 6) is -2.64. The fourth-order valence-corrected chi connectivity index (χ4v) is 5.95. The third kappa shape index (κ3) is 6.44. The van der Waals surface area contributed by atoms with Gasteiger partial charge >= 0.3 is 0 Å². The fourth-order valence-electron chi connectivity index (χ4n) is 5.78. The first-order chi connectivity index (χ1) is 22.1. The van der Waals surface area contributed by atoms with Gasteiger partial charge in [-0.2, -0.15) is 0 Å². The zero-order valence-electron chi connectivity index (χ0n) is 25.0. The number of carbonyl (C=O) groups is 1. The molecule has 1 saturated carbocycles. The van der Waals surface area contributed by atoms with E-state index in [0.29, 0.717) is 45.6 Å². The van der Waals surface area contributed by atoms with Gasteiger partial charge in [0.1, 0.15) is 23.1 Å². The van der Waals surface area contributed by atoms with Crippen molar-refractivity contribution in [2.24, 2.45) is 21.6 Å². The molecule has 0 saturated heterocycles. The molecule has 1 aliphatic carbocycles. The van der Waals surface area contributed by atoms with E-state index in [1.165, 1.54) is 36.4 Å². The van der Waals surface area contributed by atoms with Crippen LogP contribution in [0.1, 0.15) is 36.0 Å². The number of fused-ring (bicyclic) bond motifs is 3. The third-order valence-electron chi connectivity index (χ3n) is 8.16. The highest BCUT2D eigenvalue weighted by atomic mass is 35.5. The molecule has 1 aliphatic heterocycles. The van der Waals surface area contributed by atoms with Crippen molar-refractivity contribution >= 4 is 46.5 Å². The van der Waals surface area contributed by atoms with Crippen LogP contribution in [-0.2, 0) is 11.3 Å². The normalized spacial score (nSPS) is 17.6. The molecule has 46 heavy (non-hydrogen) atoms. The maximum Gasteiger partial charge on any atom is 0.229 e. The number of nitrogens with two attached hydrogens (primary N) is 1. The first kappa shape index (κ1) is 31.2. The summed E-state index contributed by atoms with van der Waals surface area (Å²) >= 11 is 6.31. The van der Waals surface area contributed by atoms with Crippen molar-refractivity contribution in [1.29, 1.82) is 0 Å². The molecule has 2 unspecified atom stereocenters. The van der Waals surface area contributed by atoms with Crippen molar-refractivity contribution in [2.45, 2.75) is 31.8 Å². The van der Waals surface area contributed by atoms with E-state index in [1.54, 1.807) is 24.4 Å². The molecule has 236 valence electrons. The van der Waals surface area contributed by atoms with E-state index in [0.717, 1.165) is 12.8 Å². The Labute approximate surface area is 268 Å². The molecule has 1 fully saturated rings. The Morgan fingerprint density at radius 2 is 1.80 bits per heavy atom. The lowest BCUT2D eigenvalue weighted by molar-refractivity contribution is -0.123. The molecule has 0 radical (unpaired) electrons. The first-order valence-electron chi connectivity index (χ1n) is 14.6. The Morgan fingerprint density at radius 3 is 2.54 bits per heavy atom. The lowest BCUT2D eigenvalue weighted by atomic mass is 9.95. The van der Waals surface area contributed by atoms with Crippen molar-refractivity contribution in [3.05, 3.63) is 100.0 Å². The molecule has 9 nitrogen and oxygen atoms in total. The van der Waals surface area contributed by atoms with Crippen molar-refractivity contribution in [3.63, 3.8) is 0 Å². The van der Waals surface area contributed by atoms with Gasteiger partial charge < -0.3 is 16.0 Å². The van der Waals surface area contributed by atoms with E-state index in [1.807, 2.05) is 14.1 Å². The second kappa shape index (κ2) is 12.9. The molecule has 2 atom stereocenters. The first-order valence-corrected chi connectivity index (χ1v) is 15.0. The number of amides is 1. The number of nitrogens with one attached hydrogen (secondary N) is 2. The number of rotatable bonds is 6. The number of hydrogen-bond donors (Lipinski definition) is 3. The Bertz CT molecular complexity index is 1880. The number of anilines is 2. The highest BCUT2D eigenvalue weighted by Crippen LogP contribution is 2.35. The second-order valence-electron chi connectivity index (χ2n) is 11.4. The van der Waals surface area contributed by atoms with Crippen LogP contribution in [0.15, 0.2) is 70.8 Å². The van der Waals surface area contributed by atoms with Crippen molar-refractivity contribution < 1.29 is 18.0 Å². The van der Waals surface area contributed by atoms with Gasteiger partial charge in [0.05, 0.1) is 23.5 Å². The van der Waals surface area contributed by atoms with E-state index in [4.69, 9.17) is 17.3 Å². The SMILES string of the molecule is CN(C)C1CCC(C(=O)NC(N)=Nc2cc(Nc3ncc4c(n3)-c3ccc(Cl)cc3C(c3c(F)cccc3F)=NC4)ccc2F)C1. The van der Waals surface area contributed by atoms with Gasteiger partial charge in [0.15, 0.2) is 0 Å². The average molecular weight is 647 g/mol. The second-order valence-corrected chi connectivity index (χ2v) is 11.9. The van der Waals surface area contributed by atoms with Gasteiger partial charge in [-0.05, 0) is 75.8 Å². The number of halogens is 4. The van der Waals surface area contributed by atoms with Crippen LogP contribution < -0.4 is 16.4 Å². The largest absolute Gasteiger partial charge is 0.369 e. The summed E-state index contributed by atoms with van der Waals surface area (Å²) in [5, 5.41) is 5.99. The van der Waals surface area contributed by atoms with Gasteiger partial charge in [-0.25, -0.2) is 28.1 Å². The highest BCUT2D eigenvalue weighted by molar-refractivity contribution is 6.31. The van der Waals surface area contributed by atoms with E-state index in [2.05, 4.69) is 35.5 Å². The molecule has 2 heterocycles. The minimum Gasteiger partial charge on any atom is -0.369 e. The molecule has 3 aromatic carbocycles. The summed E-state index contributed by atoms with van der Waals surface area (Å²) in [4.78, 5) is 32.5. The van der Waals surface area contributed by atoms with E-state index in [9.17, 15) is 18.0 Å². The van der Waals surface area contributed by atoms with Crippen LogP contribution in [0, 0.1) is 23.4 Å². The number of benzene rings is 3. The molecule has 6 rings (SSSR count). The predicted octanol–water partition coefficient (Wildman–Crippen LogP) is 6.10. The summed E-state index contributed by atoms with van der Waals surface area (Å²) in [6, 6.07) is 13.0. The minimum atomic E-state index is -0.754. The Morgan fingerprint density at radius 1 is 1.02 bits per heavy atom. The number of guanidine groups is 1. The van der Waals surface area contributed by atoms with E-state index in [-0.39, 0.29) is 47.2 Å². The van der Waals surface area contributed by atoms with Gasteiger partial charge in [0.25, 0.3) is 0 Å². The summed E-state index contributed by atoms with van der Waals surface area (Å²) in [6.07, 6.45) is 3.92. The molecule has 1 aromatic heterocycles. The number of nitrogens with zero attached hydrogens (tertiary/aromatic N) is 5. The van der Waals surface area contributed by atoms with Gasteiger partial charge in [0, 0.05) is 45.6 Å². The zero-order valence-corrected chi connectivity index (χ0v) is 25.7. The van der Waals surface area contributed by atoms with Crippen LogP contribution in [0.2, 0.25) is 5.02 Å². The maximum atomic E-state index is 14.9. The molecule has 4 aromatic rings. The van der Waals surface area contributed by atoms with E-state index >= 15 is 0 Å². The molecule has 1 amide bonds. The van der Waals surface area contributed by atoms with Gasteiger partial charge in [0.2, 0.25) is 17.8 Å². The summed E-state index contributed by atoms with van der Waals surface area (Å²) in [5.41, 5.74) is 8.20. The quantitative estimate of drug-likeness (QED) is 0.172. The van der Waals surface area contributed by atoms with Gasteiger partial charge in [-0.3, -0.25) is 15.1 Å². The van der Waals surface area contributed by atoms with Gasteiger partial charge in [-0.15, -0.1) is 0 Å². The van der Waals surface area contributed by atoms with Crippen LogP contribution in [0.25, 0.3) is 11.3 Å². The Balaban J connectivity index is 1.25. The standard InChI is InChI=1S/C33H30ClF3N8O/c1-45(2)21-9-6-17(12-21)31(46)44-32(38)42-27-14-20(8-11-24(27)35)41-33-40-16-18-15-39-30(28-25(36)4-3-5-26(28)37)23-13-19(34)7-10-22(23)29(18)43-33/h3-5,7-8,10-11,13-14,16-17,21H,6,9,12,15H2,1-2H3,(H,40,41,43)(H3,38,42,44,46). The molecule has 0 bridgehead atoms. The average Bonchev–Trinajstić information content (AvgIpc) is 3.47. The number of carbonyl (C=O) groups excluding carboxylic acids is 1. The van der Waals surface area contributed by atoms with Crippen LogP contribution in [0.5, 0.6) is 0 Å². The Hall–Kier alpha value is -4.81. The molecular formula is C33H30ClF3N8O. The lowest BCUT2D eigenvalue weighted by Crippen LogP contribution is -2.40. The molecular weight excluding hydrogens is 617 g/mol. The summed E-state index contributed by atoms with van der Waals surface area (Å²) in [6.45, 7) is 0.0576. The van der Waals surface area contributed by atoms with E-state index < -0.39 is 17.5 Å². The summed E-state index contributed by atoms with van der Waals surface area (Å²) in [7, 11) is 3.97. The Kier molecular flexibility index (Phi) is 8.74. The molecule has 13 heteroatoms. The third-order valence-corrected chi connectivity index (χ3v) is 8.40. The smallest absolute Gasteiger partial charge is 0.229 e. The monoisotopic (exact) mass is 646 g/mol. The number of aromatic nitrogens is 2. The molecule has 2 aliphatic rings. The van der Waals surface area contributed by atoms with Crippen molar-refractivity contribution in [3.8, 4) is 11.3 Å². The topological polar surface area (TPSA) is 121 Å². The molecule has 4 N–H and O–H groups in total. The molecule has 0 spiro atoms. The maximum absolute atomic E-state index is 14.9. The minimum absolute atomic E-state index is 0.0576. The lowest BCUT2D eigenvalue weighted by Gasteiger charge is -2.18. The van der Waals surface area contributed by atoms with Crippen molar-refractivity contribution in [1.82, 2.24) is 20.2 Å². The number of aliphatic imine (C=N–C) groups is 2. The highest BCUT2D eigenvalue weighted by Gasteiger charge is 2.31. The van der Waals surface area contributed by atoms with Crippen LogP contribution in [-0.4, -0.2) is 52.6 Å². The number of hydrogen-bond acceptors (Lipinski definition) is 7. The van der Waals surface area contributed by atoms with Crippen LogP contribution in [0.4, 0.5) is 30.5 Å². The van der Waals surface area contributed by atoms with Crippen LogP contribution >= 0.6 is 11.6 Å².